The Kier molecular flexibility index (Phi) is 5.58. The van der Waals surface area contributed by atoms with Crippen molar-refractivity contribution in [3.05, 3.63) is 11.7 Å². The van der Waals surface area contributed by atoms with Gasteiger partial charge < -0.3 is 15.0 Å². The average Bonchev–Trinajstić information content (AvgIpc) is 2.74. The Balaban J connectivity index is 2.77. The van der Waals surface area contributed by atoms with Crippen molar-refractivity contribution in [2.45, 2.75) is 52.7 Å². The maximum atomic E-state index is 5.93. The Morgan fingerprint density at radius 3 is 2.59 bits per heavy atom. The van der Waals surface area contributed by atoms with E-state index >= 15 is 0 Å². The summed E-state index contributed by atoms with van der Waals surface area (Å²) in [6.07, 6.45) is 1.73. The standard InChI is InChI=1S/C12H23N3O2/c1-5-7-9(13)12-14-11(15-17-12)10(8(3)4)16-6-2/h8-10H,5-7,13H2,1-4H3. The van der Waals surface area contributed by atoms with Crippen molar-refractivity contribution in [3.63, 3.8) is 0 Å². The lowest BCUT2D eigenvalue weighted by atomic mass is 10.1. The SMILES string of the molecule is CCCC(N)c1nc(C(OCC)C(C)C)no1. The van der Waals surface area contributed by atoms with E-state index in [1.54, 1.807) is 0 Å². The third-order valence-corrected chi connectivity index (χ3v) is 2.58. The number of hydrogen-bond acceptors (Lipinski definition) is 5. The Labute approximate surface area is 103 Å². The maximum Gasteiger partial charge on any atom is 0.243 e. The van der Waals surface area contributed by atoms with Crippen LogP contribution < -0.4 is 5.73 Å². The van der Waals surface area contributed by atoms with Gasteiger partial charge in [-0.2, -0.15) is 4.98 Å². The van der Waals surface area contributed by atoms with E-state index < -0.39 is 0 Å². The Morgan fingerprint density at radius 1 is 1.35 bits per heavy atom. The summed E-state index contributed by atoms with van der Waals surface area (Å²) >= 11 is 0. The van der Waals surface area contributed by atoms with Gasteiger partial charge in [-0.15, -0.1) is 0 Å². The van der Waals surface area contributed by atoms with Crippen LogP contribution >= 0.6 is 0 Å². The van der Waals surface area contributed by atoms with Gasteiger partial charge in [-0.1, -0.05) is 32.3 Å². The van der Waals surface area contributed by atoms with Crippen LogP contribution in [0.25, 0.3) is 0 Å². The van der Waals surface area contributed by atoms with Crippen LogP contribution in [0.4, 0.5) is 0 Å². The Hall–Kier alpha value is -0.940. The van der Waals surface area contributed by atoms with Gasteiger partial charge in [0.05, 0.1) is 6.04 Å². The molecule has 17 heavy (non-hydrogen) atoms. The largest absolute Gasteiger partial charge is 0.370 e. The normalized spacial score (nSPS) is 15.2. The van der Waals surface area contributed by atoms with Crippen molar-refractivity contribution in [1.29, 1.82) is 0 Å². The van der Waals surface area contributed by atoms with Crippen molar-refractivity contribution >= 4 is 0 Å². The molecule has 0 aliphatic rings. The van der Waals surface area contributed by atoms with Crippen molar-refractivity contribution < 1.29 is 9.26 Å². The molecule has 0 radical (unpaired) electrons. The smallest absolute Gasteiger partial charge is 0.243 e. The third-order valence-electron chi connectivity index (χ3n) is 2.58. The number of ether oxygens (including phenoxy) is 1. The third kappa shape index (κ3) is 3.78. The van der Waals surface area contributed by atoms with E-state index in [2.05, 4.69) is 30.9 Å². The summed E-state index contributed by atoms with van der Waals surface area (Å²) in [6.45, 7) is 8.81. The molecule has 1 aromatic heterocycles. The van der Waals surface area contributed by atoms with Crippen LogP contribution in [0.2, 0.25) is 0 Å². The quantitative estimate of drug-likeness (QED) is 0.794. The summed E-state index contributed by atoms with van der Waals surface area (Å²) < 4.78 is 10.8. The van der Waals surface area contributed by atoms with Crippen LogP contribution in [0.1, 0.15) is 64.4 Å². The minimum Gasteiger partial charge on any atom is -0.370 e. The molecule has 0 bridgehead atoms. The van der Waals surface area contributed by atoms with Gasteiger partial charge in [-0.25, -0.2) is 0 Å². The van der Waals surface area contributed by atoms with Crippen LogP contribution in [0.5, 0.6) is 0 Å². The van der Waals surface area contributed by atoms with Gasteiger partial charge in [-0.05, 0) is 19.3 Å². The zero-order valence-electron chi connectivity index (χ0n) is 11.1. The first-order chi connectivity index (χ1) is 8.10. The molecule has 98 valence electrons. The highest BCUT2D eigenvalue weighted by atomic mass is 16.5. The minimum absolute atomic E-state index is 0.119. The fourth-order valence-electron chi connectivity index (χ4n) is 1.69. The zero-order chi connectivity index (χ0) is 12.8. The van der Waals surface area contributed by atoms with E-state index in [0.29, 0.717) is 24.2 Å². The molecule has 5 heteroatoms. The van der Waals surface area contributed by atoms with Gasteiger partial charge in [0.15, 0.2) is 0 Å². The number of aromatic nitrogens is 2. The fourth-order valence-corrected chi connectivity index (χ4v) is 1.69. The molecule has 0 saturated heterocycles. The number of rotatable bonds is 7. The molecule has 2 atom stereocenters. The van der Waals surface area contributed by atoms with Gasteiger partial charge in [-0.3, -0.25) is 0 Å². The number of hydrogen-bond donors (Lipinski definition) is 1. The molecule has 2 N–H and O–H groups in total. The molecule has 2 unspecified atom stereocenters. The molecular formula is C12H23N3O2. The molecule has 0 aliphatic heterocycles. The minimum atomic E-state index is -0.171. The van der Waals surface area contributed by atoms with Gasteiger partial charge in [0, 0.05) is 6.61 Å². The van der Waals surface area contributed by atoms with E-state index in [0.717, 1.165) is 12.8 Å². The van der Waals surface area contributed by atoms with Gasteiger partial charge in [0.25, 0.3) is 0 Å². The molecule has 0 aliphatic carbocycles. The van der Waals surface area contributed by atoms with E-state index in [4.69, 9.17) is 15.0 Å². The first kappa shape index (κ1) is 14.1. The summed E-state index contributed by atoms with van der Waals surface area (Å²) in [5.74, 6) is 1.42. The molecule has 0 spiro atoms. The molecule has 0 fully saturated rings. The second-order valence-corrected chi connectivity index (χ2v) is 4.51. The Morgan fingerprint density at radius 2 is 2.06 bits per heavy atom. The summed E-state index contributed by atoms with van der Waals surface area (Å²) in [6, 6.07) is -0.171. The Bertz CT molecular complexity index is 325. The van der Waals surface area contributed by atoms with Crippen LogP contribution in [0.15, 0.2) is 4.52 Å². The molecule has 5 nitrogen and oxygen atoms in total. The van der Waals surface area contributed by atoms with Crippen LogP contribution in [-0.2, 0) is 4.74 Å². The van der Waals surface area contributed by atoms with Crippen LogP contribution in [0.3, 0.4) is 0 Å². The molecule has 1 rings (SSSR count). The van der Waals surface area contributed by atoms with Crippen LogP contribution in [0, 0.1) is 5.92 Å². The number of nitrogens with two attached hydrogens (primary N) is 1. The lowest BCUT2D eigenvalue weighted by Crippen LogP contribution is -2.14. The van der Waals surface area contributed by atoms with Crippen molar-refractivity contribution in [1.82, 2.24) is 10.1 Å². The lowest BCUT2D eigenvalue weighted by Gasteiger charge is -2.16. The maximum absolute atomic E-state index is 5.93. The first-order valence-electron chi connectivity index (χ1n) is 6.30. The highest BCUT2D eigenvalue weighted by Gasteiger charge is 2.23. The average molecular weight is 241 g/mol. The van der Waals surface area contributed by atoms with Gasteiger partial charge in [0.2, 0.25) is 11.7 Å². The van der Waals surface area contributed by atoms with Crippen molar-refractivity contribution in [2.75, 3.05) is 6.61 Å². The van der Waals surface area contributed by atoms with E-state index in [1.807, 2.05) is 6.92 Å². The van der Waals surface area contributed by atoms with E-state index in [-0.39, 0.29) is 12.1 Å². The molecule has 1 heterocycles. The molecule has 0 aromatic carbocycles. The molecule has 0 saturated carbocycles. The molecule has 1 aromatic rings. The van der Waals surface area contributed by atoms with Crippen LogP contribution in [-0.4, -0.2) is 16.7 Å². The second-order valence-electron chi connectivity index (χ2n) is 4.51. The molecular weight excluding hydrogens is 218 g/mol. The van der Waals surface area contributed by atoms with Gasteiger partial charge in [0.1, 0.15) is 6.10 Å². The number of nitrogens with zero attached hydrogens (tertiary/aromatic N) is 2. The van der Waals surface area contributed by atoms with Crippen molar-refractivity contribution in [3.8, 4) is 0 Å². The summed E-state index contributed by atoms with van der Waals surface area (Å²) in [7, 11) is 0. The van der Waals surface area contributed by atoms with Gasteiger partial charge >= 0.3 is 0 Å². The predicted octanol–water partition coefficient (Wildman–Crippen LogP) is 2.60. The lowest BCUT2D eigenvalue weighted by molar-refractivity contribution is 0.0217. The fraction of sp³-hybridized carbons (Fsp3) is 0.833. The second kappa shape index (κ2) is 6.71. The molecule has 0 amide bonds. The highest BCUT2D eigenvalue weighted by Crippen LogP contribution is 2.24. The highest BCUT2D eigenvalue weighted by molar-refractivity contribution is 4.96. The monoisotopic (exact) mass is 241 g/mol. The zero-order valence-corrected chi connectivity index (χ0v) is 11.1. The van der Waals surface area contributed by atoms with Crippen molar-refractivity contribution in [2.24, 2.45) is 11.7 Å². The van der Waals surface area contributed by atoms with E-state index in [9.17, 15) is 0 Å². The summed E-state index contributed by atoms with van der Waals surface area (Å²) in [4.78, 5) is 4.34. The van der Waals surface area contributed by atoms with E-state index in [1.165, 1.54) is 0 Å². The first-order valence-corrected chi connectivity index (χ1v) is 6.30. The summed E-state index contributed by atoms with van der Waals surface area (Å²) in [5.41, 5.74) is 5.93. The predicted molar refractivity (Wildman–Crippen MR) is 65.3 cm³/mol. The summed E-state index contributed by atoms with van der Waals surface area (Å²) in [5, 5.41) is 3.97. The topological polar surface area (TPSA) is 74.2 Å².